The first-order chi connectivity index (χ1) is 11.0. The highest BCUT2D eigenvalue weighted by Crippen LogP contribution is 2.44. The lowest BCUT2D eigenvalue weighted by Gasteiger charge is -2.31. The van der Waals surface area contributed by atoms with Crippen LogP contribution in [0.2, 0.25) is 0 Å². The average molecular weight is 312 g/mol. The van der Waals surface area contributed by atoms with E-state index < -0.39 is 0 Å². The minimum absolute atomic E-state index is 0.160. The Hall–Kier alpha value is -1.81. The number of hydrogen-bond donors (Lipinski definition) is 1. The van der Waals surface area contributed by atoms with E-state index in [9.17, 15) is 0 Å². The van der Waals surface area contributed by atoms with Crippen molar-refractivity contribution in [1.29, 1.82) is 0 Å². The molecule has 0 aromatic carbocycles. The highest BCUT2D eigenvalue weighted by atomic mass is 15.3. The van der Waals surface area contributed by atoms with Crippen molar-refractivity contribution in [3.05, 3.63) is 36.1 Å². The largest absolute Gasteiger partial charge is 0.344 e. The van der Waals surface area contributed by atoms with E-state index in [1.807, 2.05) is 31.9 Å². The molecule has 1 aliphatic heterocycles. The van der Waals surface area contributed by atoms with Crippen molar-refractivity contribution in [3.8, 4) is 0 Å². The average Bonchev–Trinajstić information content (AvgIpc) is 3.10. The highest BCUT2D eigenvalue weighted by molar-refractivity contribution is 5.88. The number of nitrogens with zero attached hydrogens (tertiary/aromatic N) is 3. The van der Waals surface area contributed by atoms with Gasteiger partial charge in [-0.05, 0) is 44.6 Å². The number of amidine groups is 1. The van der Waals surface area contributed by atoms with Crippen LogP contribution in [0.1, 0.15) is 63.4 Å². The fourth-order valence-electron chi connectivity index (χ4n) is 3.89. The lowest BCUT2D eigenvalue weighted by atomic mass is 10.0. The predicted molar refractivity (Wildman–Crippen MR) is 97.8 cm³/mol. The minimum atomic E-state index is -0.160. The number of allylic oxidation sites excluding steroid dienone is 3. The van der Waals surface area contributed by atoms with Crippen molar-refractivity contribution in [2.75, 3.05) is 7.05 Å². The Balaban J connectivity index is 2.19. The van der Waals surface area contributed by atoms with E-state index in [-0.39, 0.29) is 6.17 Å². The summed E-state index contributed by atoms with van der Waals surface area (Å²) in [5, 5.41) is 0. The molecule has 2 N–H and O–H groups in total. The second kappa shape index (κ2) is 6.00. The maximum atomic E-state index is 6.54. The van der Waals surface area contributed by atoms with E-state index in [0.717, 1.165) is 28.7 Å². The Morgan fingerprint density at radius 2 is 2.17 bits per heavy atom. The first kappa shape index (κ1) is 16.1. The molecule has 124 valence electrons. The van der Waals surface area contributed by atoms with Crippen LogP contribution in [0, 0.1) is 5.92 Å². The van der Waals surface area contributed by atoms with Crippen LogP contribution in [0.25, 0.3) is 5.57 Å². The Morgan fingerprint density at radius 1 is 1.43 bits per heavy atom. The van der Waals surface area contributed by atoms with Crippen molar-refractivity contribution in [2.24, 2.45) is 16.6 Å². The minimum Gasteiger partial charge on any atom is -0.344 e. The molecule has 23 heavy (non-hydrogen) atoms. The maximum absolute atomic E-state index is 6.54. The first-order valence-electron chi connectivity index (χ1n) is 8.55. The Kier molecular flexibility index (Phi) is 4.19. The van der Waals surface area contributed by atoms with E-state index >= 15 is 0 Å². The second-order valence-electron chi connectivity index (χ2n) is 6.92. The lowest BCUT2D eigenvalue weighted by molar-refractivity contribution is 0.374. The topological polar surface area (TPSA) is 46.5 Å². The maximum Gasteiger partial charge on any atom is 0.142 e. The summed E-state index contributed by atoms with van der Waals surface area (Å²) in [7, 11) is 2.01. The lowest BCUT2D eigenvalue weighted by Crippen LogP contribution is -2.37. The van der Waals surface area contributed by atoms with E-state index in [4.69, 9.17) is 10.7 Å². The number of aromatic nitrogens is 1. The van der Waals surface area contributed by atoms with Crippen molar-refractivity contribution < 1.29 is 0 Å². The molecule has 0 saturated heterocycles. The van der Waals surface area contributed by atoms with Gasteiger partial charge >= 0.3 is 0 Å². The summed E-state index contributed by atoms with van der Waals surface area (Å²) in [5.74, 6) is 2.80. The Bertz CT molecular complexity index is 680. The van der Waals surface area contributed by atoms with Gasteiger partial charge in [-0.1, -0.05) is 25.7 Å². The molecule has 0 bridgehead atoms. The van der Waals surface area contributed by atoms with Gasteiger partial charge in [-0.25, -0.2) is 4.99 Å². The second-order valence-corrected chi connectivity index (χ2v) is 6.92. The highest BCUT2D eigenvalue weighted by Gasteiger charge is 2.33. The van der Waals surface area contributed by atoms with Crippen LogP contribution in [0.15, 0.2) is 29.9 Å². The molecule has 4 nitrogen and oxygen atoms in total. The smallest absolute Gasteiger partial charge is 0.142 e. The normalized spacial score (nSPS) is 27.9. The zero-order chi connectivity index (χ0) is 16.7. The van der Waals surface area contributed by atoms with Gasteiger partial charge in [0.15, 0.2) is 0 Å². The number of hydrogen-bond acceptors (Lipinski definition) is 3. The third kappa shape index (κ3) is 2.55. The molecule has 3 rings (SSSR count). The van der Waals surface area contributed by atoms with Crippen molar-refractivity contribution in [3.63, 3.8) is 0 Å². The number of aliphatic imine (C=N–C) groups is 1. The molecule has 1 aromatic rings. The summed E-state index contributed by atoms with van der Waals surface area (Å²) in [6.45, 7) is 10.4. The fraction of sp³-hybridized carbons (Fsp3) is 0.526. The van der Waals surface area contributed by atoms with Crippen LogP contribution in [0.5, 0.6) is 0 Å². The van der Waals surface area contributed by atoms with Crippen LogP contribution in [-0.4, -0.2) is 22.4 Å². The summed E-state index contributed by atoms with van der Waals surface area (Å²) in [6.07, 6.45) is 9.84. The molecule has 0 spiro atoms. The van der Waals surface area contributed by atoms with Crippen LogP contribution in [0.3, 0.4) is 0 Å². The summed E-state index contributed by atoms with van der Waals surface area (Å²) in [4.78, 5) is 6.93. The van der Waals surface area contributed by atoms with Crippen LogP contribution in [-0.2, 0) is 0 Å². The molecule has 1 fully saturated rings. The molecule has 4 heteroatoms. The van der Waals surface area contributed by atoms with Crippen molar-refractivity contribution in [2.45, 2.75) is 52.2 Å². The van der Waals surface area contributed by atoms with E-state index in [0.29, 0.717) is 6.04 Å². The zero-order valence-electron chi connectivity index (χ0n) is 14.7. The third-order valence-electron chi connectivity index (χ3n) is 5.44. The van der Waals surface area contributed by atoms with Gasteiger partial charge in [0.25, 0.3) is 0 Å². The van der Waals surface area contributed by atoms with Crippen LogP contribution >= 0.6 is 0 Å². The molecule has 1 aliphatic carbocycles. The molecule has 1 aromatic heterocycles. The molecule has 2 aliphatic rings. The molecule has 3 unspecified atom stereocenters. The summed E-state index contributed by atoms with van der Waals surface area (Å²) in [6, 6.07) is 0.530. The molecule has 1 saturated carbocycles. The van der Waals surface area contributed by atoms with Crippen LogP contribution in [0.4, 0.5) is 5.82 Å². The quantitative estimate of drug-likeness (QED) is 0.841. The standard InChI is InChI=1S/C19H28N4/c1-6-14(7-2)16-11-23(15-9-8-12(3)10-15)19-17(16)18(20)22(5)13(4)21-19/h6-7,11-12,15,18H,1,8-10,20H2,2-5H3/b14-7+. The van der Waals surface area contributed by atoms with Crippen LogP contribution < -0.4 is 5.73 Å². The van der Waals surface area contributed by atoms with Gasteiger partial charge in [-0.3, -0.25) is 0 Å². The SMILES string of the molecule is C=C/C(=C\C)c1cn(C2CCC(C)C2)c2c1C(N)N(C)C(C)=N2. The van der Waals surface area contributed by atoms with E-state index in [1.54, 1.807) is 0 Å². The summed E-state index contributed by atoms with van der Waals surface area (Å²) in [5.41, 5.74) is 9.97. The summed E-state index contributed by atoms with van der Waals surface area (Å²) < 4.78 is 2.37. The first-order valence-corrected chi connectivity index (χ1v) is 8.55. The molecule has 0 radical (unpaired) electrons. The predicted octanol–water partition coefficient (Wildman–Crippen LogP) is 4.39. The van der Waals surface area contributed by atoms with Crippen molar-refractivity contribution in [1.82, 2.24) is 9.47 Å². The van der Waals surface area contributed by atoms with Gasteiger partial charge in [0.1, 0.15) is 17.8 Å². The van der Waals surface area contributed by atoms with Crippen molar-refractivity contribution >= 4 is 17.2 Å². The Morgan fingerprint density at radius 3 is 2.74 bits per heavy atom. The van der Waals surface area contributed by atoms with E-state index in [2.05, 4.69) is 30.3 Å². The molecule has 0 amide bonds. The van der Waals surface area contributed by atoms with Gasteiger partial charge in [0.2, 0.25) is 0 Å². The molecular formula is C19H28N4. The number of nitrogens with two attached hydrogens (primary N) is 1. The fourth-order valence-corrected chi connectivity index (χ4v) is 3.89. The molecule has 2 heterocycles. The van der Waals surface area contributed by atoms with Gasteiger partial charge in [-0.2, -0.15) is 0 Å². The van der Waals surface area contributed by atoms with E-state index in [1.165, 1.54) is 24.8 Å². The summed E-state index contributed by atoms with van der Waals surface area (Å²) >= 11 is 0. The molecule has 3 atom stereocenters. The van der Waals surface area contributed by atoms with Gasteiger partial charge < -0.3 is 15.2 Å². The third-order valence-corrected chi connectivity index (χ3v) is 5.44. The zero-order valence-corrected chi connectivity index (χ0v) is 14.7. The van der Waals surface area contributed by atoms with Gasteiger partial charge in [0, 0.05) is 30.4 Å². The van der Waals surface area contributed by atoms with Gasteiger partial charge in [0.05, 0.1) is 0 Å². The Labute approximate surface area is 139 Å². The molecular weight excluding hydrogens is 284 g/mol. The number of fused-ring (bicyclic) bond motifs is 1. The monoisotopic (exact) mass is 312 g/mol. The number of rotatable bonds is 3. The van der Waals surface area contributed by atoms with Gasteiger partial charge in [-0.15, -0.1) is 0 Å².